The smallest absolute Gasteiger partial charge is 0.191 e. The van der Waals surface area contributed by atoms with Crippen molar-refractivity contribution in [2.75, 3.05) is 13.1 Å². The summed E-state index contributed by atoms with van der Waals surface area (Å²) < 4.78 is 15.6. The molecule has 2 rings (SSSR count). The van der Waals surface area contributed by atoms with Crippen molar-refractivity contribution in [3.05, 3.63) is 59.7 Å². The van der Waals surface area contributed by atoms with Crippen LogP contribution in [0.1, 0.15) is 18.1 Å². The molecule has 0 fully saturated rings. The SMILES string of the molecule is CCNC(=NCc1ccn(C)c1)NCCc1ccccc1F. The van der Waals surface area contributed by atoms with E-state index in [0.29, 0.717) is 25.1 Å². The van der Waals surface area contributed by atoms with E-state index >= 15 is 0 Å². The van der Waals surface area contributed by atoms with E-state index in [4.69, 9.17) is 0 Å². The van der Waals surface area contributed by atoms with Gasteiger partial charge in [-0.05, 0) is 36.6 Å². The van der Waals surface area contributed by atoms with Gasteiger partial charge in [0, 0.05) is 32.5 Å². The molecule has 1 aromatic carbocycles. The summed E-state index contributed by atoms with van der Waals surface area (Å²) >= 11 is 0. The van der Waals surface area contributed by atoms with Crippen molar-refractivity contribution in [2.24, 2.45) is 12.0 Å². The molecule has 0 saturated carbocycles. The third-order valence-electron chi connectivity index (χ3n) is 3.30. The summed E-state index contributed by atoms with van der Waals surface area (Å²) in [6.45, 7) is 4.08. The summed E-state index contributed by atoms with van der Waals surface area (Å²) in [5.74, 6) is 0.596. The normalized spacial score (nSPS) is 11.5. The molecule has 2 N–H and O–H groups in total. The van der Waals surface area contributed by atoms with Gasteiger partial charge in [-0.1, -0.05) is 18.2 Å². The van der Waals surface area contributed by atoms with Crippen LogP contribution in [-0.2, 0) is 20.0 Å². The number of benzene rings is 1. The van der Waals surface area contributed by atoms with Crippen LogP contribution in [0.25, 0.3) is 0 Å². The topological polar surface area (TPSA) is 41.4 Å². The van der Waals surface area contributed by atoms with E-state index in [-0.39, 0.29) is 5.82 Å². The van der Waals surface area contributed by atoms with E-state index in [1.54, 1.807) is 6.07 Å². The van der Waals surface area contributed by atoms with Gasteiger partial charge in [-0.25, -0.2) is 9.38 Å². The Kier molecular flexibility index (Phi) is 6.01. The van der Waals surface area contributed by atoms with Crippen molar-refractivity contribution >= 4 is 5.96 Å². The second-order valence-corrected chi connectivity index (χ2v) is 5.15. The third-order valence-corrected chi connectivity index (χ3v) is 3.30. The summed E-state index contributed by atoms with van der Waals surface area (Å²) in [5.41, 5.74) is 1.88. The Morgan fingerprint density at radius 2 is 2.05 bits per heavy atom. The lowest BCUT2D eigenvalue weighted by Crippen LogP contribution is -2.38. The van der Waals surface area contributed by atoms with Crippen molar-refractivity contribution in [2.45, 2.75) is 19.9 Å². The molecule has 0 atom stereocenters. The zero-order valence-electron chi connectivity index (χ0n) is 13.1. The largest absolute Gasteiger partial charge is 0.357 e. The number of aryl methyl sites for hydroxylation is 1. The lowest BCUT2D eigenvalue weighted by Gasteiger charge is -2.11. The number of aliphatic imine (C=N–C) groups is 1. The molecule has 0 aliphatic carbocycles. The molecule has 0 radical (unpaired) electrons. The highest BCUT2D eigenvalue weighted by Crippen LogP contribution is 2.06. The molecule has 4 nitrogen and oxygen atoms in total. The molecule has 2 aromatic rings. The van der Waals surface area contributed by atoms with E-state index in [2.05, 4.69) is 15.6 Å². The number of hydrogen-bond acceptors (Lipinski definition) is 1. The Bertz CT molecular complexity index is 619. The van der Waals surface area contributed by atoms with E-state index in [1.165, 1.54) is 6.07 Å². The molecule has 0 amide bonds. The maximum atomic E-state index is 13.6. The first-order valence-corrected chi connectivity index (χ1v) is 7.55. The number of hydrogen-bond donors (Lipinski definition) is 2. The zero-order chi connectivity index (χ0) is 15.8. The molecule has 0 spiro atoms. The number of rotatable bonds is 6. The predicted molar refractivity (Wildman–Crippen MR) is 88.3 cm³/mol. The molecule has 5 heteroatoms. The maximum Gasteiger partial charge on any atom is 0.191 e. The van der Waals surface area contributed by atoms with Crippen LogP contribution in [-0.4, -0.2) is 23.6 Å². The highest BCUT2D eigenvalue weighted by molar-refractivity contribution is 5.79. The van der Waals surface area contributed by atoms with Crippen molar-refractivity contribution < 1.29 is 4.39 Å². The molecule has 0 aliphatic rings. The van der Waals surface area contributed by atoms with E-state index < -0.39 is 0 Å². The minimum atomic E-state index is -0.157. The van der Waals surface area contributed by atoms with Crippen molar-refractivity contribution in [3.8, 4) is 0 Å². The Morgan fingerprint density at radius 1 is 1.23 bits per heavy atom. The maximum absolute atomic E-state index is 13.6. The Labute approximate surface area is 131 Å². The van der Waals surface area contributed by atoms with E-state index in [1.807, 2.05) is 49.1 Å². The second-order valence-electron chi connectivity index (χ2n) is 5.15. The van der Waals surface area contributed by atoms with Crippen LogP contribution in [0, 0.1) is 5.82 Å². The Hall–Kier alpha value is -2.30. The van der Waals surface area contributed by atoms with Gasteiger partial charge in [-0.2, -0.15) is 0 Å². The van der Waals surface area contributed by atoms with Gasteiger partial charge in [-0.3, -0.25) is 0 Å². The first-order chi connectivity index (χ1) is 10.7. The second kappa shape index (κ2) is 8.22. The van der Waals surface area contributed by atoms with Crippen molar-refractivity contribution in [3.63, 3.8) is 0 Å². The quantitative estimate of drug-likeness (QED) is 0.636. The number of halogens is 1. The lowest BCUT2D eigenvalue weighted by atomic mass is 10.1. The summed E-state index contributed by atoms with van der Waals surface area (Å²) in [4.78, 5) is 4.54. The standard InChI is InChI=1S/C17H23FN4/c1-3-19-17(21-12-14-9-11-22(2)13-14)20-10-8-15-6-4-5-7-16(15)18/h4-7,9,11,13H,3,8,10,12H2,1-2H3,(H2,19,20,21). The molecule has 0 saturated heterocycles. The highest BCUT2D eigenvalue weighted by Gasteiger charge is 2.02. The fourth-order valence-corrected chi connectivity index (χ4v) is 2.18. The molecule has 22 heavy (non-hydrogen) atoms. The minimum absolute atomic E-state index is 0.157. The fourth-order valence-electron chi connectivity index (χ4n) is 2.18. The third kappa shape index (κ3) is 4.91. The summed E-state index contributed by atoms with van der Waals surface area (Å²) in [6, 6.07) is 8.91. The van der Waals surface area contributed by atoms with Crippen LogP contribution >= 0.6 is 0 Å². The average Bonchev–Trinajstić information content (AvgIpc) is 2.92. The van der Waals surface area contributed by atoms with Crippen LogP contribution in [0.4, 0.5) is 4.39 Å². The van der Waals surface area contributed by atoms with Crippen LogP contribution in [0.5, 0.6) is 0 Å². The molecule has 1 heterocycles. The molecule has 1 aromatic heterocycles. The van der Waals surface area contributed by atoms with Gasteiger partial charge in [-0.15, -0.1) is 0 Å². The Balaban J connectivity index is 1.87. The summed E-state index contributed by atoms with van der Waals surface area (Å²) in [7, 11) is 1.99. The monoisotopic (exact) mass is 302 g/mol. The number of nitrogens with zero attached hydrogens (tertiary/aromatic N) is 2. The first-order valence-electron chi connectivity index (χ1n) is 7.55. The van der Waals surface area contributed by atoms with Crippen LogP contribution in [0.2, 0.25) is 0 Å². The highest BCUT2D eigenvalue weighted by atomic mass is 19.1. The van der Waals surface area contributed by atoms with Crippen LogP contribution in [0.15, 0.2) is 47.7 Å². The summed E-state index contributed by atoms with van der Waals surface area (Å²) in [6.07, 6.45) is 4.68. The molecule has 0 unspecified atom stereocenters. The van der Waals surface area contributed by atoms with Crippen molar-refractivity contribution in [1.82, 2.24) is 15.2 Å². The van der Waals surface area contributed by atoms with E-state index in [0.717, 1.165) is 18.1 Å². The van der Waals surface area contributed by atoms with Gasteiger partial charge in [0.1, 0.15) is 5.82 Å². The van der Waals surface area contributed by atoms with Crippen molar-refractivity contribution in [1.29, 1.82) is 0 Å². The van der Waals surface area contributed by atoms with Gasteiger partial charge >= 0.3 is 0 Å². The molecular weight excluding hydrogens is 279 g/mol. The zero-order valence-corrected chi connectivity index (χ0v) is 13.1. The molecule has 118 valence electrons. The molecular formula is C17H23FN4. The molecule has 0 aliphatic heterocycles. The number of guanidine groups is 1. The number of aromatic nitrogens is 1. The predicted octanol–water partition coefficient (Wildman–Crippen LogP) is 2.46. The average molecular weight is 302 g/mol. The first kappa shape index (κ1) is 16.1. The van der Waals surface area contributed by atoms with Gasteiger partial charge in [0.25, 0.3) is 0 Å². The Morgan fingerprint density at radius 3 is 2.73 bits per heavy atom. The van der Waals surface area contributed by atoms with Gasteiger partial charge in [0.15, 0.2) is 5.96 Å². The number of nitrogens with one attached hydrogen (secondary N) is 2. The minimum Gasteiger partial charge on any atom is -0.357 e. The lowest BCUT2D eigenvalue weighted by molar-refractivity contribution is 0.606. The van der Waals surface area contributed by atoms with Gasteiger partial charge in [0.05, 0.1) is 6.54 Å². The van der Waals surface area contributed by atoms with Crippen LogP contribution < -0.4 is 10.6 Å². The van der Waals surface area contributed by atoms with Crippen LogP contribution in [0.3, 0.4) is 0 Å². The van der Waals surface area contributed by atoms with Gasteiger partial charge in [0.2, 0.25) is 0 Å². The summed E-state index contributed by atoms with van der Waals surface area (Å²) in [5, 5.41) is 6.44. The fraction of sp³-hybridized carbons (Fsp3) is 0.353. The molecule has 0 bridgehead atoms. The van der Waals surface area contributed by atoms with Gasteiger partial charge < -0.3 is 15.2 Å². The van der Waals surface area contributed by atoms with E-state index in [9.17, 15) is 4.39 Å².